The van der Waals surface area contributed by atoms with E-state index in [9.17, 15) is 9.59 Å². The number of hydrogen-bond donors (Lipinski definition) is 1. The molecule has 0 heterocycles. The first-order chi connectivity index (χ1) is 8.45. The maximum absolute atomic E-state index is 11.5. The van der Waals surface area contributed by atoms with Crippen LogP contribution in [0, 0.1) is 0 Å². The molecule has 0 spiro atoms. The lowest BCUT2D eigenvalue weighted by molar-refractivity contribution is -0.127. The number of carbonyl (C=O) groups excluding carboxylic acids is 2. The molecule has 1 rings (SSSR count). The summed E-state index contributed by atoms with van der Waals surface area (Å²) in [5.74, 6) is -0.0109. The Kier molecular flexibility index (Phi) is 5.16. The smallest absolute Gasteiger partial charge is 0.260 e. The van der Waals surface area contributed by atoms with E-state index in [0.29, 0.717) is 22.9 Å². The first-order valence-corrected chi connectivity index (χ1v) is 6.08. The van der Waals surface area contributed by atoms with Crippen molar-refractivity contribution in [2.24, 2.45) is 0 Å². The molecule has 0 radical (unpaired) electrons. The number of halogens is 1. The number of carbonyl (C=O) groups is 2. The monoisotopic (exact) mass is 269 g/mol. The van der Waals surface area contributed by atoms with E-state index in [1.807, 2.05) is 6.92 Å². The molecular weight excluding hydrogens is 254 g/mol. The van der Waals surface area contributed by atoms with Gasteiger partial charge in [0, 0.05) is 11.6 Å². The van der Waals surface area contributed by atoms with Crippen LogP contribution in [-0.2, 0) is 4.79 Å². The Balaban J connectivity index is 2.90. The summed E-state index contributed by atoms with van der Waals surface area (Å²) in [4.78, 5) is 23.0. The van der Waals surface area contributed by atoms with E-state index in [2.05, 4.69) is 5.32 Å². The maximum atomic E-state index is 11.5. The Morgan fingerprint density at radius 3 is 2.67 bits per heavy atom. The molecule has 0 bridgehead atoms. The molecule has 0 fully saturated rings. The summed E-state index contributed by atoms with van der Waals surface area (Å²) in [5, 5.41) is 3.11. The molecule has 5 heteroatoms. The van der Waals surface area contributed by atoms with Crippen LogP contribution < -0.4 is 10.1 Å². The number of amides is 1. The molecule has 0 aliphatic rings. The first-order valence-electron chi connectivity index (χ1n) is 5.70. The zero-order valence-electron chi connectivity index (χ0n) is 10.6. The molecule has 4 nitrogen and oxygen atoms in total. The summed E-state index contributed by atoms with van der Waals surface area (Å²) in [7, 11) is 0. The van der Waals surface area contributed by atoms with E-state index in [-0.39, 0.29) is 11.7 Å². The van der Waals surface area contributed by atoms with E-state index in [1.165, 1.54) is 13.0 Å². The number of benzene rings is 1. The van der Waals surface area contributed by atoms with E-state index in [0.717, 1.165) is 0 Å². The number of hydrogen-bond acceptors (Lipinski definition) is 3. The molecule has 98 valence electrons. The average molecular weight is 270 g/mol. The second-order valence-corrected chi connectivity index (χ2v) is 4.29. The Morgan fingerprint density at radius 2 is 2.11 bits per heavy atom. The number of likely N-dealkylation sites (N-methyl/N-ethyl adjacent to an activating group) is 1. The van der Waals surface area contributed by atoms with E-state index >= 15 is 0 Å². The number of ketones is 1. The molecule has 0 aliphatic heterocycles. The molecule has 0 saturated carbocycles. The van der Waals surface area contributed by atoms with Crippen molar-refractivity contribution >= 4 is 23.3 Å². The van der Waals surface area contributed by atoms with Gasteiger partial charge in [-0.1, -0.05) is 11.6 Å². The predicted octanol–water partition coefficient (Wildman–Crippen LogP) is 2.45. The summed E-state index contributed by atoms with van der Waals surface area (Å²) in [5.41, 5.74) is 0.374. The third kappa shape index (κ3) is 3.74. The SMILES string of the molecule is CCNC(=O)C(C)Oc1ccc(Cl)cc1C(C)=O. The molecule has 1 unspecified atom stereocenters. The molecule has 0 saturated heterocycles. The molecule has 1 atom stereocenters. The Bertz CT molecular complexity index is 460. The second-order valence-electron chi connectivity index (χ2n) is 3.85. The van der Waals surface area contributed by atoms with Crippen LogP contribution in [0.3, 0.4) is 0 Å². The normalized spacial score (nSPS) is 11.8. The highest BCUT2D eigenvalue weighted by atomic mass is 35.5. The van der Waals surface area contributed by atoms with Crippen molar-refractivity contribution in [3.8, 4) is 5.75 Å². The summed E-state index contributed by atoms with van der Waals surface area (Å²) in [6.45, 7) is 5.42. The fourth-order valence-corrected chi connectivity index (χ4v) is 1.61. The lowest BCUT2D eigenvalue weighted by atomic mass is 10.1. The molecule has 0 aliphatic carbocycles. The van der Waals surface area contributed by atoms with Gasteiger partial charge in [0.25, 0.3) is 5.91 Å². The van der Waals surface area contributed by atoms with Crippen LogP contribution in [0.1, 0.15) is 31.1 Å². The van der Waals surface area contributed by atoms with Crippen molar-refractivity contribution in [3.63, 3.8) is 0 Å². The zero-order valence-corrected chi connectivity index (χ0v) is 11.4. The summed E-state index contributed by atoms with van der Waals surface area (Å²) >= 11 is 5.82. The van der Waals surface area contributed by atoms with Crippen molar-refractivity contribution in [2.45, 2.75) is 26.9 Å². The molecule has 0 aromatic heterocycles. The first kappa shape index (κ1) is 14.5. The van der Waals surface area contributed by atoms with Gasteiger partial charge in [0.05, 0.1) is 5.56 Å². The number of nitrogens with one attached hydrogen (secondary N) is 1. The quantitative estimate of drug-likeness (QED) is 0.836. The van der Waals surface area contributed by atoms with Gasteiger partial charge < -0.3 is 10.1 Å². The topological polar surface area (TPSA) is 55.4 Å². The highest BCUT2D eigenvalue weighted by molar-refractivity contribution is 6.31. The van der Waals surface area contributed by atoms with Crippen LogP contribution in [0.5, 0.6) is 5.75 Å². The minimum Gasteiger partial charge on any atom is -0.480 e. The van der Waals surface area contributed by atoms with Crippen LogP contribution in [-0.4, -0.2) is 24.3 Å². The van der Waals surface area contributed by atoms with Gasteiger partial charge in [-0.15, -0.1) is 0 Å². The third-order valence-electron chi connectivity index (χ3n) is 2.34. The van der Waals surface area contributed by atoms with Crippen molar-refractivity contribution in [1.82, 2.24) is 5.32 Å². The molecule has 1 amide bonds. The Morgan fingerprint density at radius 1 is 1.44 bits per heavy atom. The molecule has 1 aromatic carbocycles. The third-order valence-corrected chi connectivity index (χ3v) is 2.58. The van der Waals surface area contributed by atoms with E-state index in [4.69, 9.17) is 16.3 Å². The maximum Gasteiger partial charge on any atom is 0.260 e. The van der Waals surface area contributed by atoms with Crippen LogP contribution in [0.15, 0.2) is 18.2 Å². The molecular formula is C13H16ClNO3. The standard InChI is InChI=1S/C13H16ClNO3/c1-4-15-13(17)9(3)18-12-6-5-10(14)7-11(12)8(2)16/h5-7,9H,4H2,1-3H3,(H,15,17). The second kappa shape index (κ2) is 6.40. The van der Waals surface area contributed by atoms with Gasteiger partial charge in [0.1, 0.15) is 5.75 Å². The Hall–Kier alpha value is -1.55. The van der Waals surface area contributed by atoms with Crippen molar-refractivity contribution in [1.29, 1.82) is 0 Å². The van der Waals surface area contributed by atoms with Crippen molar-refractivity contribution in [2.75, 3.05) is 6.54 Å². The number of Topliss-reactive ketones (excluding diaryl/α,β-unsaturated/α-hetero) is 1. The zero-order chi connectivity index (χ0) is 13.7. The Labute approximate surface area is 111 Å². The van der Waals surface area contributed by atoms with Gasteiger partial charge >= 0.3 is 0 Å². The lowest BCUT2D eigenvalue weighted by Gasteiger charge is -2.16. The van der Waals surface area contributed by atoms with E-state index < -0.39 is 6.10 Å². The van der Waals surface area contributed by atoms with Crippen LogP contribution in [0.4, 0.5) is 0 Å². The predicted molar refractivity (Wildman–Crippen MR) is 70.2 cm³/mol. The summed E-state index contributed by atoms with van der Waals surface area (Å²) < 4.78 is 5.48. The lowest BCUT2D eigenvalue weighted by Crippen LogP contribution is -2.36. The summed E-state index contributed by atoms with van der Waals surface area (Å²) in [6.07, 6.45) is -0.663. The highest BCUT2D eigenvalue weighted by Gasteiger charge is 2.17. The summed E-state index contributed by atoms with van der Waals surface area (Å²) in [6, 6.07) is 4.74. The van der Waals surface area contributed by atoms with Gasteiger partial charge in [-0.25, -0.2) is 0 Å². The van der Waals surface area contributed by atoms with E-state index in [1.54, 1.807) is 19.1 Å². The van der Waals surface area contributed by atoms with Crippen LogP contribution >= 0.6 is 11.6 Å². The molecule has 1 N–H and O–H groups in total. The average Bonchev–Trinajstić information content (AvgIpc) is 2.31. The van der Waals surface area contributed by atoms with Crippen LogP contribution in [0.25, 0.3) is 0 Å². The van der Waals surface area contributed by atoms with Crippen molar-refractivity contribution in [3.05, 3.63) is 28.8 Å². The van der Waals surface area contributed by atoms with Gasteiger partial charge in [-0.3, -0.25) is 9.59 Å². The largest absolute Gasteiger partial charge is 0.480 e. The van der Waals surface area contributed by atoms with Crippen molar-refractivity contribution < 1.29 is 14.3 Å². The highest BCUT2D eigenvalue weighted by Crippen LogP contribution is 2.24. The molecule has 1 aromatic rings. The van der Waals surface area contributed by atoms with Gasteiger partial charge in [0.15, 0.2) is 11.9 Å². The number of rotatable bonds is 5. The number of ether oxygens (including phenoxy) is 1. The van der Waals surface area contributed by atoms with Gasteiger partial charge in [-0.05, 0) is 39.0 Å². The minimum atomic E-state index is -0.663. The van der Waals surface area contributed by atoms with Crippen LogP contribution in [0.2, 0.25) is 5.02 Å². The van der Waals surface area contributed by atoms with Gasteiger partial charge in [-0.2, -0.15) is 0 Å². The minimum absolute atomic E-state index is 0.157. The fraction of sp³-hybridized carbons (Fsp3) is 0.385. The molecule has 18 heavy (non-hydrogen) atoms. The van der Waals surface area contributed by atoms with Gasteiger partial charge in [0.2, 0.25) is 0 Å². The fourth-order valence-electron chi connectivity index (χ4n) is 1.44.